The molecule has 0 bridgehead atoms. The number of hydrogen-bond acceptors (Lipinski definition) is 3. The maximum absolute atomic E-state index is 13.0. The molecule has 4 nitrogen and oxygen atoms in total. The molecule has 0 aromatic heterocycles. The van der Waals surface area contributed by atoms with Gasteiger partial charge in [0.05, 0.1) is 5.69 Å². The molecule has 0 saturated carbocycles. The van der Waals surface area contributed by atoms with E-state index in [1.54, 1.807) is 17.0 Å². The Kier molecular flexibility index (Phi) is 4.64. The minimum absolute atomic E-state index is 0.0473. The molecular formula is C20H19ClN2O2. The largest absolute Gasteiger partial charge is 0.336 e. The van der Waals surface area contributed by atoms with E-state index in [-0.39, 0.29) is 10.7 Å². The Morgan fingerprint density at radius 3 is 2.24 bits per heavy atom. The van der Waals surface area contributed by atoms with Crippen molar-refractivity contribution in [2.24, 2.45) is 0 Å². The molecular weight excluding hydrogens is 336 g/mol. The van der Waals surface area contributed by atoms with Crippen LogP contribution in [0, 0.1) is 13.8 Å². The molecule has 0 radical (unpaired) electrons. The summed E-state index contributed by atoms with van der Waals surface area (Å²) in [6.45, 7) is 6.37. The first-order chi connectivity index (χ1) is 11.9. The van der Waals surface area contributed by atoms with E-state index in [0.717, 1.165) is 21.7 Å². The van der Waals surface area contributed by atoms with E-state index in [0.29, 0.717) is 12.2 Å². The van der Waals surface area contributed by atoms with Gasteiger partial charge >= 0.3 is 0 Å². The summed E-state index contributed by atoms with van der Waals surface area (Å²) in [7, 11) is 0. The van der Waals surface area contributed by atoms with Crippen molar-refractivity contribution in [3.63, 3.8) is 0 Å². The predicted octanol–water partition coefficient (Wildman–Crippen LogP) is 4.15. The van der Waals surface area contributed by atoms with Gasteiger partial charge in [-0.3, -0.25) is 9.59 Å². The number of carbonyl (C=O) groups is 2. The van der Waals surface area contributed by atoms with Crippen LogP contribution in [0.15, 0.2) is 59.3 Å². The lowest BCUT2D eigenvalue weighted by atomic mass is 10.2. The summed E-state index contributed by atoms with van der Waals surface area (Å²) < 4.78 is 0. The van der Waals surface area contributed by atoms with Crippen molar-refractivity contribution >= 4 is 34.8 Å². The van der Waals surface area contributed by atoms with Crippen LogP contribution in [0.3, 0.4) is 0 Å². The lowest BCUT2D eigenvalue weighted by Crippen LogP contribution is -2.35. The number of amides is 2. The molecule has 5 heteroatoms. The molecule has 1 heterocycles. The molecule has 0 atom stereocenters. The van der Waals surface area contributed by atoms with Crippen LogP contribution in [0.5, 0.6) is 0 Å². The van der Waals surface area contributed by atoms with Gasteiger partial charge in [-0.25, -0.2) is 4.90 Å². The zero-order valence-electron chi connectivity index (χ0n) is 14.4. The molecule has 0 fully saturated rings. The van der Waals surface area contributed by atoms with Gasteiger partial charge in [-0.2, -0.15) is 0 Å². The number of aryl methyl sites for hydroxylation is 2. The number of imide groups is 1. The fourth-order valence-corrected chi connectivity index (χ4v) is 3.19. The molecule has 128 valence electrons. The standard InChI is InChI=1S/C20H19ClN2O2/c1-4-22(16-7-5-6-14(3)12-16)18-17(21)19(24)23(20(18)25)15-10-8-13(2)9-11-15/h5-12H,4H2,1-3H3. The van der Waals surface area contributed by atoms with Crippen LogP contribution < -0.4 is 9.80 Å². The number of likely N-dealkylation sites (N-methyl/N-ethyl adjacent to an activating group) is 1. The molecule has 0 unspecified atom stereocenters. The second kappa shape index (κ2) is 6.73. The molecule has 1 aliphatic heterocycles. The maximum atomic E-state index is 13.0. The van der Waals surface area contributed by atoms with Gasteiger partial charge in [0.2, 0.25) is 0 Å². The Hall–Kier alpha value is -2.59. The quantitative estimate of drug-likeness (QED) is 0.774. The topological polar surface area (TPSA) is 40.6 Å². The minimum Gasteiger partial charge on any atom is -0.336 e. The smallest absolute Gasteiger partial charge is 0.283 e. The Bertz CT molecular complexity index is 872. The Morgan fingerprint density at radius 2 is 1.64 bits per heavy atom. The van der Waals surface area contributed by atoms with Crippen LogP contribution in [0.4, 0.5) is 11.4 Å². The van der Waals surface area contributed by atoms with Gasteiger partial charge in [-0.1, -0.05) is 41.4 Å². The van der Waals surface area contributed by atoms with Gasteiger partial charge < -0.3 is 4.90 Å². The van der Waals surface area contributed by atoms with E-state index in [4.69, 9.17) is 11.6 Å². The highest BCUT2D eigenvalue weighted by Gasteiger charge is 2.41. The summed E-state index contributed by atoms with van der Waals surface area (Å²) in [5.41, 5.74) is 3.70. The molecule has 0 N–H and O–H groups in total. The number of benzene rings is 2. The Morgan fingerprint density at radius 1 is 0.960 bits per heavy atom. The van der Waals surface area contributed by atoms with Gasteiger partial charge in [0, 0.05) is 12.2 Å². The SMILES string of the molecule is CCN(C1=C(Cl)C(=O)N(c2ccc(C)cc2)C1=O)c1cccc(C)c1. The molecule has 25 heavy (non-hydrogen) atoms. The first kappa shape index (κ1) is 17.2. The molecule has 2 amide bonds. The Balaban J connectivity index is 2.02. The van der Waals surface area contributed by atoms with E-state index in [1.165, 1.54) is 0 Å². The number of anilines is 2. The molecule has 0 saturated heterocycles. The highest BCUT2D eigenvalue weighted by molar-refractivity contribution is 6.53. The summed E-state index contributed by atoms with van der Waals surface area (Å²) in [5.74, 6) is -0.890. The average Bonchev–Trinajstić information content (AvgIpc) is 2.81. The summed E-state index contributed by atoms with van der Waals surface area (Å²) in [5, 5.41) is -0.0473. The van der Waals surface area contributed by atoms with E-state index in [2.05, 4.69) is 0 Å². The number of carbonyl (C=O) groups excluding carboxylic acids is 2. The lowest BCUT2D eigenvalue weighted by molar-refractivity contribution is -0.120. The average molecular weight is 355 g/mol. The van der Waals surface area contributed by atoms with E-state index in [9.17, 15) is 9.59 Å². The van der Waals surface area contributed by atoms with Crippen LogP contribution >= 0.6 is 11.6 Å². The van der Waals surface area contributed by atoms with Crippen molar-refractivity contribution in [1.29, 1.82) is 0 Å². The highest BCUT2D eigenvalue weighted by atomic mass is 35.5. The van der Waals surface area contributed by atoms with Crippen LogP contribution in [0.25, 0.3) is 0 Å². The van der Waals surface area contributed by atoms with Crippen molar-refractivity contribution in [3.8, 4) is 0 Å². The number of rotatable bonds is 4. The summed E-state index contributed by atoms with van der Waals surface area (Å²) in [4.78, 5) is 28.5. The first-order valence-corrected chi connectivity index (χ1v) is 8.51. The molecule has 2 aromatic carbocycles. The normalized spacial score (nSPS) is 14.5. The van der Waals surface area contributed by atoms with Crippen LogP contribution in [-0.4, -0.2) is 18.4 Å². The van der Waals surface area contributed by atoms with Crippen molar-refractivity contribution < 1.29 is 9.59 Å². The van der Waals surface area contributed by atoms with Crippen LogP contribution in [0.1, 0.15) is 18.1 Å². The lowest BCUT2D eigenvalue weighted by Gasteiger charge is -2.24. The van der Waals surface area contributed by atoms with Crippen molar-refractivity contribution in [3.05, 3.63) is 70.4 Å². The van der Waals surface area contributed by atoms with Crippen molar-refractivity contribution in [2.45, 2.75) is 20.8 Å². The second-order valence-corrected chi connectivity index (χ2v) is 6.41. The van der Waals surface area contributed by atoms with Gasteiger partial charge in [0.25, 0.3) is 11.8 Å². The van der Waals surface area contributed by atoms with Gasteiger partial charge in [-0.05, 0) is 50.6 Å². The third-order valence-electron chi connectivity index (χ3n) is 4.20. The fourth-order valence-electron chi connectivity index (χ4n) is 2.92. The zero-order valence-corrected chi connectivity index (χ0v) is 15.2. The van der Waals surface area contributed by atoms with Crippen molar-refractivity contribution in [2.75, 3.05) is 16.3 Å². The number of halogens is 1. The fraction of sp³-hybridized carbons (Fsp3) is 0.200. The molecule has 0 spiro atoms. The number of nitrogens with zero attached hydrogens (tertiary/aromatic N) is 2. The Labute approximate surface area is 152 Å². The molecule has 3 rings (SSSR count). The third-order valence-corrected chi connectivity index (χ3v) is 4.54. The van der Waals surface area contributed by atoms with E-state index < -0.39 is 11.8 Å². The third kappa shape index (κ3) is 3.05. The summed E-state index contributed by atoms with van der Waals surface area (Å²) >= 11 is 6.29. The molecule has 2 aromatic rings. The van der Waals surface area contributed by atoms with Gasteiger partial charge in [0.1, 0.15) is 10.7 Å². The minimum atomic E-state index is -0.489. The van der Waals surface area contributed by atoms with E-state index in [1.807, 2.05) is 57.2 Å². The summed E-state index contributed by atoms with van der Waals surface area (Å²) in [6.07, 6.45) is 0. The second-order valence-electron chi connectivity index (χ2n) is 6.03. The summed E-state index contributed by atoms with van der Waals surface area (Å²) in [6, 6.07) is 15.0. The van der Waals surface area contributed by atoms with Gasteiger partial charge in [0.15, 0.2) is 0 Å². The predicted molar refractivity (Wildman–Crippen MR) is 101 cm³/mol. The van der Waals surface area contributed by atoms with E-state index >= 15 is 0 Å². The van der Waals surface area contributed by atoms with Crippen molar-refractivity contribution in [1.82, 2.24) is 0 Å². The number of hydrogen-bond donors (Lipinski definition) is 0. The van der Waals surface area contributed by atoms with Crippen LogP contribution in [0.2, 0.25) is 0 Å². The monoisotopic (exact) mass is 354 g/mol. The highest BCUT2D eigenvalue weighted by Crippen LogP contribution is 2.33. The first-order valence-electron chi connectivity index (χ1n) is 8.13. The van der Waals surface area contributed by atoms with Gasteiger partial charge in [-0.15, -0.1) is 0 Å². The van der Waals surface area contributed by atoms with Crippen LogP contribution in [-0.2, 0) is 9.59 Å². The molecule has 0 aliphatic carbocycles. The zero-order chi connectivity index (χ0) is 18.1. The molecule has 1 aliphatic rings. The maximum Gasteiger partial charge on any atom is 0.283 e.